The molecule has 1 aliphatic carbocycles. The molecule has 1 saturated carbocycles. The Bertz CT molecular complexity index is 611. The van der Waals surface area contributed by atoms with E-state index in [-0.39, 0.29) is 0 Å². The Morgan fingerprint density at radius 1 is 1.15 bits per heavy atom. The zero-order valence-electron chi connectivity index (χ0n) is 12.1. The van der Waals surface area contributed by atoms with Crippen molar-refractivity contribution in [3.63, 3.8) is 0 Å². The molecule has 1 aromatic heterocycles. The van der Waals surface area contributed by atoms with Crippen molar-refractivity contribution >= 4 is 28.2 Å². The molecule has 2 aromatic rings. The summed E-state index contributed by atoms with van der Waals surface area (Å²) in [4.78, 5) is 4.49. The summed E-state index contributed by atoms with van der Waals surface area (Å²) in [5.41, 5.74) is 2.09. The number of hydrogen-bond acceptors (Lipinski definition) is 2. The highest BCUT2D eigenvalue weighted by atomic mass is 35.5. The minimum atomic E-state index is 0.549. The monoisotopic (exact) mass is 288 g/mol. The standard InChI is InChI=1S/C17H21ClN2/c1-11-5-6-13(10-12(11)2)20-16-8-7-15(18)14-4-3-9-19-17(14)16/h3-4,7-9,11-13,20H,5-6,10H2,1-2H3. The molecule has 0 aliphatic heterocycles. The number of benzene rings is 1. The van der Waals surface area contributed by atoms with Crippen LogP contribution in [0.25, 0.3) is 10.9 Å². The maximum absolute atomic E-state index is 6.25. The largest absolute Gasteiger partial charge is 0.381 e. The number of rotatable bonds is 2. The van der Waals surface area contributed by atoms with E-state index < -0.39 is 0 Å². The fraction of sp³-hybridized carbons (Fsp3) is 0.471. The first kappa shape index (κ1) is 13.7. The highest BCUT2D eigenvalue weighted by Gasteiger charge is 2.24. The van der Waals surface area contributed by atoms with Gasteiger partial charge in [-0.25, -0.2) is 0 Å². The van der Waals surface area contributed by atoms with Gasteiger partial charge < -0.3 is 5.32 Å². The second-order valence-electron chi connectivity index (χ2n) is 6.10. The van der Waals surface area contributed by atoms with Gasteiger partial charge in [-0.3, -0.25) is 4.98 Å². The van der Waals surface area contributed by atoms with E-state index in [0.29, 0.717) is 6.04 Å². The summed E-state index contributed by atoms with van der Waals surface area (Å²) in [5.74, 6) is 1.63. The fourth-order valence-corrected chi connectivity index (χ4v) is 3.37. The Morgan fingerprint density at radius 3 is 2.80 bits per heavy atom. The van der Waals surface area contributed by atoms with Gasteiger partial charge in [0.2, 0.25) is 0 Å². The number of anilines is 1. The van der Waals surface area contributed by atoms with E-state index in [1.54, 1.807) is 0 Å². The number of nitrogens with zero attached hydrogens (tertiary/aromatic N) is 1. The van der Waals surface area contributed by atoms with Crippen LogP contribution in [0.15, 0.2) is 30.5 Å². The van der Waals surface area contributed by atoms with Gasteiger partial charge in [-0.2, -0.15) is 0 Å². The molecule has 0 saturated heterocycles. The van der Waals surface area contributed by atoms with Gasteiger partial charge in [0, 0.05) is 17.6 Å². The minimum absolute atomic E-state index is 0.549. The molecule has 0 bridgehead atoms. The Morgan fingerprint density at radius 2 is 2.00 bits per heavy atom. The van der Waals surface area contributed by atoms with Crippen LogP contribution in [0.5, 0.6) is 0 Å². The summed E-state index contributed by atoms with van der Waals surface area (Å²) in [6.07, 6.45) is 5.60. The summed E-state index contributed by atoms with van der Waals surface area (Å²) < 4.78 is 0. The molecule has 2 nitrogen and oxygen atoms in total. The van der Waals surface area contributed by atoms with Crippen molar-refractivity contribution in [2.75, 3.05) is 5.32 Å². The molecule has 0 spiro atoms. The van der Waals surface area contributed by atoms with Crippen LogP contribution in [-0.2, 0) is 0 Å². The molecule has 0 radical (unpaired) electrons. The number of halogens is 1. The van der Waals surface area contributed by atoms with E-state index in [9.17, 15) is 0 Å². The van der Waals surface area contributed by atoms with Crippen LogP contribution in [0.2, 0.25) is 5.02 Å². The molecule has 1 heterocycles. The third kappa shape index (κ3) is 2.62. The Balaban J connectivity index is 1.86. The molecule has 1 aliphatic rings. The third-order valence-electron chi connectivity index (χ3n) is 4.67. The molecular weight excluding hydrogens is 268 g/mol. The molecule has 3 heteroatoms. The fourth-order valence-electron chi connectivity index (χ4n) is 3.15. The smallest absolute Gasteiger partial charge is 0.0948 e. The lowest BCUT2D eigenvalue weighted by molar-refractivity contribution is 0.261. The van der Waals surface area contributed by atoms with Gasteiger partial charge in [-0.05, 0) is 55.4 Å². The topological polar surface area (TPSA) is 24.9 Å². The highest BCUT2D eigenvalue weighted by molar-refractivity contribution is 6.35. The number of aromatic nitrogens is 1. The van der Waals surface area contributed by atoms with Gasteiger partial charge in [-0.15, -0.1) is 0 Å². The highest BCUT2D eigenvalue weighted by Crippen LogP contribution is 2.33. The predicted octanol–water partition coefficient (Wildman–Crippen LogP) is 5.12. The first-order valence-corrected chi connectivity index (χ1v) is 7.82. The number of fused-ring (bicyclic) bond motifs is 1. The molecule has 0 amide bonds. The summed E-state index contributed by atoms with van der Waals surface area (Å²) in [7, 11) is 0. The van der Waals surface area contributed by atoms with Gasteiger partial charge in [0.25, 0.3) is 0 Å². The van der Waals surface area contributed by atoms with E-state index in [1.165, 1.54) is 19.3 Å². The van der Waals surface area contributed by atoms with E-state index >= 15 is 0 Å². The molecule has 1 aromatic carbocycles. The van der Waals surface area contributed by atoms with Crippen LogP contribution in [0.1, 0.15) is 33.1 Å². The van der Waals surface area contributed by atoms with Gasteiger partial charge in [-0.1, -0.05) is 25.4 Å². The van der Waals surface area contributed by atoms with Crippen molar-refractivity contribution in [3.8, 4) is 0 Å². The summed E-state index contributed by atoms with van der Waals surface area (Å²) in [6.45, 7) is 4.72. The lowest BCUT2D eigenvalue weighted by Gasteiger charge is -2.33. The maximum Gasteiger partial charge on any atom is 0.0948 e. The molecular formula is C17H21ClN2. The first-order chi connectivity index (χ1) is 9.65. The molecule has 3 atom stereocenters. The van der Waals surface area contributed by atoms with Crippen LogP contribution in [0.3, 0.4) is 0 Å². The molecule has 20 heavy (non-hydrogen) atoms. The van der Waals surface area contributed by atoms with Crippen LogP contribution in [0.4, 0.5) is 5.69 Å². The van der Waals surface area contributed by atoms with Crippen LogP contribution >= 0.6 is 11.6 Å². The van der Waals surface area contributed by atoms with Crippen molar-refractivity contribution in [1.82, 2.24) is 4.98 Å². The normalized spacial score (nSPS) is 26.6. The van der Waals surface area contributed by atoms with E-state index in [4.69, 9.17) is 11.6 Å². The Labute approximate surface area is 125 Å². The minimum Gasteiger partial charge on any atom is -0.381 e. The molecule has 1 fully saturated rings. The van der Waals surface area contributed by atoms with Crippen molar-refractivity contribution < 1.29 is 0 Å². The van der Waals surface area contributed by atoms with E-state index in [1.807, 2.05) is 24.4 Å². The average molecular weight is 289 g/mol. The van der Waals surface area contributed by atoms with Gasteiger partial charge in [0.15, 0.2) is 0 Å². The van der Waals surface area contributed by atoms with Gasteiger partial charge in [0.1, 0.15) is 0 Å². The van der Waals surface area contributed by atoms with Crippen molar-refractivity contribution in [3.05, 3.63) is 35.5 Å². The second-order valence-corrected chi connectivity index (χ2v) is 6.51. The summed E-state index contributed by atoms with van der Waals surface area (Å²) >= 11 is 6.25. The van der Waals surface area contributed by atoms with E-state index in [0.717, 1.165) is 33.4 Å². The summed E-state index contributed by atoms with van der Waals surface area (Å²) in [6, 6.07) is 8.53. The SMILES string of the molecule is CC1CCC(Nc2ccc(Cl)c3cccnc23)CC1C. The molecule has 3 rings (SSSR count). The van der Waals surface area contributed by atoms with Crippen molar-refractivity contribution in [1.29, 1.82) is 0 Å². The van der Waals surface area contributed by atoms with Crippen molar-refractivity contribution in [2.24, 2.45) is 11.8 Å². The Hall–Kier alpha value is -1.28. The quantitative estimate of drug-likeness (QED) is 0.829. The zero-order valence-corrected chi connectivity index (χ0v) is 12.8. The molecule has 1 N–H and O–H groups in total. The van der Waals surface area contributed by atoms with Crippen LogP contribution < -0.4 is 5.32 Å². The van der Waals surface area contributed by atoms with Crippen LogP contribution in [0, 0.1) is 11.8 Å². The lowest BCUT2D eigenvalue weighted by Crippen LogP contribution is -2.30. The van der Waals surface area contributed by atoms with E-state index in [2.05, 4.69) is 30.2 Å². The second kappa shape index (κ2) is 5.61. The molecule has 3 unspecified atom stereocenters. The number of pyridine rings is 1. The lowest BCUT2D eigenvalue weighted by atomic mass is 9.79. The first-order valence-electron chi connectivity index (χ1n) is 7.45. The molecule has 106 valence electrons. The van der Waals surface area contributed by atoms with Crippen molar-refractivity contribution in [2.45, 2.75) is 39.2 Å². The predicted molar refractivity (Wildman–Crippen MR) is 86.3 cm³/mol. The number of hydrogen-bond donors (Lipinski definition) is 1. The summed E-state index contributed by atoms with van der Waals surface area (Å²) in [5, 5.41) is 5.47. The van der Waals surface area contributed by atoms with Gasteiger partial charge in [0.05, 0.1) is 16.2 Å². The Kier molecular flexibility index (Phi) is 3.84. The van der Waals surface area contributed by atoms with Gasteiger partial charge >= 0.3 is 0 Å². The van der Waals surface area contributed by atoms with Crippen LogP contribution in [-0.4, -0.2) is 11.0 Å². The third-order valence-corrected chi connectivity index (χ3v) is 5.00. The average Bonchev–Trinajstić information content (AvgIpc) is 2.46. The maximum atomic E-state index is 6.25. The zero-order chi connectivity index (χ0) is 14.1. The number of nitrogens with one attached hydrogen (secondary N) is 1.